The van der Waals surface area contributed by atoms with Crippen LogP contribution in [0.25, 0.3) is 0 Å². The molecule has 0 radical (unpaired) electrons. The highest BCUT2D eigenvalue weighted by molar-refractivity contribution is 6.30. The van der Waals surface area contributed by atoms with Crippen molar-refractivity contribution in [2.24, 2.45) is 0 Å². The number of benzene rings is 2. The van der Waals surface area contributed by atoms with Crippen molar-refractivity contribution >= 4 is 17.4 Å². The number of fused-ring (bicyclic) bond motifs is 1. The minimum Gasteiger partial charge on any atom is -0.493 e. The molecule has 4 rings (SSSR count). The van der Waals surface area contributed by atoms with Gasteiger partial charge in [-0.3, -0.25) is 14.5 Å². The summed E-state index contributed by atoms with van der Waals surface area (Å²) >= 11 is 5.84. The van der Waals surface area contributed by atoms with E-state index in [9.17, 15) is 9.59 Å². The van der Waals surface area contributed by atoms with Crippen LogP contribution in [-0.2, 0) is 19.5 Å². The van der Waals surface area contributed by atoms with Gasteiger partial charge < -0.3 is 18.6 Å². The Labute approximate surface area is 196 Å². The maximum absolute atomic E-state index is 12.5. The normalized spacial score (nSPS) is 13.3. The van der Waals surface area contributed by atoms with E-state index in [1.807, 2.05) is 12.1 Å². The van der Waals surface area contributed by atoms with Crippen molar-refractivity contribution in [3.05, 3.63) is 86.4 Å². The summed E-state index contributed by atoms with van der Waals surface area (Å²) in [5, 5.41) is 0.541. The Balaban J connectivity index is 1.38. The number of Topliss-reactive ketones (excluding diaryl/α,β-unsaturated/α-hetero) is 1. The number of carbonyl (C=O) groups excluding carboxylic acids is 1. The van der Waals surface area contributed by atoms with Gasteiger partial charge in [-0.2, -0.15) is 0 Å². The highest BCUT2D eigenvalue weighted by Gasteiger charge is 2.20. The Bertz CT molecular complexity index is 1200. The Morgan fingerprint density at radius 1 is 1.03 bits per heavy atom. The predicted octanol–water partition coefficient (Wildman–Crippen LogP) is 4.13. The van der Waals surface area contributed by atoms with E-state index in [2.05, 4.69) is 4.90 Å². The molecular weight excluding hydrogens is 446 g/mol. The van der Waals surface area contributed by atoms with E-state index < -0.39 is 0 Å². The van der Waals surface area contributed by atoms with Crippen molar-refractivity contribution in [1.82, 2.24) is 4.90 Å². The van der Waals surface area contributed by atoms with E-state index in [-0.39, 0.29) is 23.6 Å². The topological polar surface area (TPSA) is 78.2 Å². The van der Waals surface area contributed by atoms with Gasteiger partial charge in [0.1, 0.15) is 12.0 Å². The average Bonchev–Trinajstić information content (AvgIpc) is 2.82. The molecule has 0 bridgehead atoms. The second-order valence-corrected chi connectivity index (χ2v) is 8.17. The van der Waals surface area contributed by atoms with Crippen LogP contribution in [0.2, 0.25) is 5.02 Å². The van der Waals surface area contributed by atoms with Crippen molar-refractivity contribution in [1.29, 1.82) is 0 Å². The van der Waals surface area contributed by atoms with Crippen LogP contribution in [0.5, 0.6) is 17.2 Å². The molecule has 0 atom stereocenters. The number of hydrogen-bond acceptors (Lipinski definition) is 7. The molecule has 0 spiro atoms. The standard InChI is InChI=1S/C25H24ClNO6/c1-30-23-9-17-7-8-27(12-18(17)10-24(23)31-2)13-20-11-21(28)25(15-32-20)33-14-22(29)16-3-5-19(26)6-4-16/h3-6,9-11,15H,7-8,12-14H2,1-2H3. The predicted molar refractivity (Wildman–Crippen MR) is 124 cm³/mol. The van der Waals surface area contributed by atoms with E-state index in [0.29, 0.717) is 35.2 Å². The fraction of sp³-hybridized carbons (Fsp3) is 0.280. The summed E-state index contributed by atoms with van der Waals surface area (Å²) in [5.74, 6) is 1.69. The number of ether oxygens (including phenoxy) is 3. The van der Waals surface area contributed by atoms with Gasteiger partial charge in [-0.1, -0.05) is 11.6 Å². The van der Waals surface area contributed by atoms with E-state index in [4.69, 9.17) is 30.2 Å². The molecule has 3 aromatic rings. The van der Waals surface area contributed by atoms with Crippen molar-refractivity contribution in [3.63, 3.8) is 0 Å². The molecule has 2 aromatic carbocycles. The van der Waals surface area contributed by atoms with Gasteiger partial charge in [-0.15, -0.1) is 0 Å². The van der Waals surface area contributed by atoms with Crippen molar-refractivity contribution in [2.75, 3.05) is 27.4 Å². The second-order valence-electron chi connectivity index (χ2n) is 7.73. The van der Waals surface area contributed by atoms with E-state index in [1.54, 1.807) is 38.5 Å². The first-order valence-corrected chi connectivity index (χ1v) is 10.8. The largest absolute Gasteiger partial charge is 0.493 e. The second kappa shape index (κ2) is 10.1. The van der Waals surface area contributed by atoms with E-state index in [0.717, 1.165) is 24.3 Å². The third-order valence-electron chi connectivity index (χ3n) is 5.55. The maximum Gasteiger partial charge on any atom is 0.227 e. The van der Waals surface area contributed by atoms with Crippen molar-refractivity contribution < 1.29 is 23.4 Å². The monoisotopic (exact) mass is 469 g/mol. The number of ketones is 1. The molecule has 1 aliphatic rings. The van der Waals surface area contributed by atoms with Crippen LogP contribution in [0.4, 0.5) is 0 Å². The first-order valence-electron chi connectivity index (χ1n) is 10.5. The molecular formula is C25H24ClNO6. The Morgan fingerprint density at radius 3 is 2.39 bits per heavy atom. The quantitative estimate of drug-likeness (QED) is 0.459. The van der Waals surface area contributed by atoms with Crippen molar-refractivity contribution in [2.45, 2.75) is 19.5 Å². The third kappa shape index (κ3) is 5.38. The molecule has 8 heteroatoms. The highest BCUT2D eigenvalue weighted by atomic mass is 35.5. The SMILES string of the molecule is COc1cc2c(cc1OC)CN(Cc1cc(=O)c(OCC(=O)c3ccc(Cl)cc3)co1)CC2. The summed E-state index contributed by atoms with van der Waals surface area (Å²) in [7, 11) is 3.24. The molecule has 0 unspecified atom stereocenters. The molecule has 0 saturated carbocycles. The van der Waals surface area contributed by atoms with Gasteiger partial charge >= 0.3 is 0 Å². The number of halogens is 1. The van der Waals surface area contributed by atoms with Gasteiger partial charge in [-0.25, -0.2) is 0 Å². The molecule has 2 heterocycles. The van der Waals surface area contributed by atoms with Crippen LogP contribution in [0.3, 0.4) is 0 Å². The highest BCUT2D eigenvalue weighted by Crippen LogP contribution is 2.33. The molecule has 0 saturated heterocycles. The molecule has 1 aliphatic heterocycles. The minimum atomic E-state index is -0.330. The number of carbonyl (C=O) groups is 1. The van der Waals surface area contributed by atoms with Gasteiger partial charge in [-0.05, 0) is 53.9 Å². The summed E-state index contributed by atoms with van der Waals surface area (Å²) < 4.78 is 21.8. The summed E-state index contributed by atoms with van der Waals surface area (Å²) in [6.45, 7) is 1.74. The van der Waals surface area contributed by atoms with Crippen LogP contribution in [-0.4, -0.2) is 38.1 Å². The average molecular weight is 470 g/mol. The molecule has 0 N–H and O–H groups in total. The van der Waals surface area contributed by atoms with Crippen LogP contribution in [0, 0.1) is 0 Å². The van der Waals surface area contributed by atoms with Gasteiger partial charge in [0.05, 0.1) is 20.8 Å². The summed E-state index contributed by atoms with van der Waals surface area (Å²) in [5.41, 5.74) is 2.50. The Hall–Kier alpha value is -3.29. The first kappa shape index (κ1) is 22.9. The van der Waals surface area contributed by atoms with Crippen LogP contribution in [0.15, 0.2) is 57.9 Å². The lowest BCUT2D eigenvalue weighted by molar-refractivity contribution is 0.0919. The van der Waals surface area contributed by atoms with Crippen LogP contribution in [0.1, 0.15) is 27.2 Å². The zero-order chi connectivity index (χ0) is 23.4. The summed E-state index contributed by atoms with van der Waals surface area (Å²) in [6.07, 6.45) is 2.12. The smallest absolute Gasteiger partial charge is 0.227 e. The zero-order valence-corrected chi connectivity index (χ0v) is 19.2. The Morgan fingerprint density at radius 2 is 1.73 bits per heavy atom. The first-order chi connectivity index (χ1) is 16.0. The van der Waals surface area contributed by atoms with E-state index in [1.165, 1.54) is 17.9 Å². The number of nitrogens with zero attached hydrogens (tertiary/aromatic N) is 1. The van der Waals surface area contributed by atoms with Crippen LogP contribution < -0.4 is 19.6 Å². The van der Waals surface area contributed by atoms with Crippen LogP contribution >= 0.6 is 11.6 Å². The summed E-state index contributed by atoms with van der Waals surface area (Å²) in [6, 6.07) is 11.9. The third-order valence-corrected chi connectivity index (χ3v) is 5.81. The maximum atomic E-state index is 12.5. The molecule has 172 valence electrons. The lowest BCUT2D eigenvalue weighted by Gasteiger charge is -2.29. The number of hydrogen-bond donors (Lipinski definition) is 0. The molecule has 7 nitrogen and oxygen atoms in total. The van der Waals surface area contributed by atoms with Gasteiger partial charge in [0, 0.05) is 29.7 Å². The fourth-order valence-corrected chi connectivity index (χ4v) is 3.91. The molecule has 33 heavy (non-hydrogen) atoms. The van der Waals surface area contributed by atoms with Gasteiger partial charge in [0.15, 0.2) is 23.9 Å². The zero-order valence-electron chi connectivity index (χ0n) is 18.4. The van der Waals surface area contributed by atoms with E-state index >= 15 is 0 Å². The fourth-order valence-electron chi connectivity index (χ4n) is 3.79. The summed E-state index contributed by atoms with van der Waals surface area (Å²) in [4.78, 5) is 26.9. The minimum absolute atomic E-state index is 0.00175. The van der Waals surface area contributed by atoms with Gasteiger partial charge in [0.25, 0.3) is 0 Å². The molecule has 0 amide bonds. The lowest BCUT2D eigenvalue weighted by Crippen LogP contribution is -2.30. The number of rotatable bonds is 8. The van der Waals surface area contributed by atoms with Crippen molar-refractivity contribution in [3.8, 4) is 17.2 Å². The lowest BCUT2D eigenvalue weighted by atomic mass is 9.98. The van der Waals surface area contributed by atoms with Gasteiger partial charge in [0.2, 0.25) is 11.2 Å². The Kier molecular flexibility index (Phi) is 7.01. The molecule has 0 aliphatic carbocycles. The molecule has 1 aromatic heterocycles. The molecule has 0 fully saturated rings. The number of methoxy groups -OCH3 is 2.